The maximum absolute atomic E-state index is 5.67. The van der Waals surface area contributed by atoms with Gasteiger partial charge in [0.05, 0.1) is 0 Å². The van der Waals surface area contributed by atoms with Crippen molar-refractivity contribution in [3.63, 3.8) is 0 Å². The lowest BCUT2D eigenvalue weighted by atomic mass is 10.2. The molecule has 0 aliphatic rings. The number of nitrogens with zero attached hydrogens (tertiary/aromatic N) is 4. The minimum atomic E-state index is 0.494. The summed E-state index contributed by atoms with van der Waals surface area (Å²) in [5, 5.41) is 12.3. The number of rotatable bonds is 3. The van der Waals surface area contributed by atoms with Crippen molar-refractivity contribution in [1.82, 2.24) is 20.0 Å². The van der Waals surface area contributed by atoms with Gasteiger partial charge in [-0.3, -0.25) is 4.68 Å². The van der Waals surface area contributed by atoms with Crippen LogP contribution in [0.1, 0.15) is 6.92 Å². The molecule has 5 nitrogen and oxygen atoms in total. The zero-order valence-electron chi connectivity index (χ0n) is 9.95. The van der Waals surface area contributed by atoms with E-state index >= 15 is 0 Å². The second-order valence-electron chi connectivity index (χ2n) is 3.81. The fourth-order valence-corrected chi connectivity index (χ4v) is 1.79. The van der Waals surface area contributed by atoms with Gasteiger partial charge in [-0.1, -0.05) is 18.2 Å². The van der Waals surface area contributed by atoms with Gasteiger partial charge in [0.1, 0.15) is 5.69 Å². The molecule has 3 aromatic rings. The molecule has 0 saturated carbocycles. The SMILES string of the molecule is CCn1nccc1-c1nnc(-c2ccccc2)o1. The van der Waals surface area contributed by atoms with E-state index < -0.39 is 0 Å². The Labute approximate surface area is 104 Å². The highest BCUT2D eigenvalue weighted by molar-refractivity contribution is 5.55. The van der Waals surface area contributed by atoms with E-state index in [0.717, 1.165) is 17.8 Å². The van der Waals surface area contributed by atoms with E-state index in [0.29, 0.717) is 11.8 Å². The van der Waals surface area contributed by atoms with Gasteiger partial charge in [0, 0.05) is 18.3 Å². The van der Waals surface area contributed by atoms with Crippen LogP contribution in [0.5, 0.6) is 0 Å². The maximum atomic E-state index is 5.67. The predicted octanol–water partition coefficient (Wildman–Crippen LogP) is 2.62. The summed E-state index contributed by atoms with van der Waals surface area (Å²) < 4.78 is 7.50. The first-order valence-electron chi connectivity index (χ1n) is 5.79. The molecule has 0 spiro atoms. The van der Waals surface area contributed by atoms with Gasteiger partial charge >= 0.3 is 0 Å². The molecule has 0 fully saturated rings. The third-order valence-electron chi connectivity index (χ3n) is 2.68. The van der Waals surface area contributed by atoms with E-state index in [-0.39, 0.29) is 0 Å². The third kappa shape index (κ3) is 1.79. The predicted molar refractivity (Wildman–Crippen MR) is 66.6 cm³/mol. The standard InChI is InChI=1S/C13H12N4O/c1-2-17-11(8-9-14-17)13-16-15-12(18-13)10-6-4-3-5-7-10/h3-9H,2H2,1H3. The van der Waals surface area contributed by atoms with E-state index in [1.165, 1.54) is 0 Å². The Bertz CT molecular complexity index is 642. The molecule has 2 aromatic heterocycles. The maximum Gasteiger partial charge on any atom is 0.266 e. The quantitative estimate of drug-likeness (QED) is 0.706. The van der Waals surface area contributed by atoms with Crippen molar-refractivity contribution < 1.29 is 4.42 Å². The van der Waals surface area contributed by atoms with E-state index in [9.17, 15) is 0 Å². The molecule has 0 atom stereocenters. The lowest BCUT2D eigenvalue weighted by Crippen LogP contribution is -1.98. The van der Waals surface area contributed by atoms with Gasteiger partial charge in [-0.05, 0) is 25.1 Å². The summed E-state index contributed by atoms with van der Waals surface area (Å²) in [6.45, 7) is 2.79. The molecule has 1 aromatic carbocycles. The van der Waals surface area contributed by atoms with Crippen molar-refractivity contribution in [2.45, 2.75) is 13.5 Å². The average Bonchev–Trinajstić information content (AvgIpc) is 3.08. The van der Waals surface area contributed by atoms with E-state index in [4.69, 9.17) is 4.42 Å². The topological polar surface area (TPSA) is 56.7 Å². The van der Waals surface area contributed by atoms with Crippen molar-refractivity contribution in [2.75, 3.05) is 0 Å². The van der Waals surface area contributed by atoms with Crippen LogP contribution in [0.25, 0.3) is 23.0 Å². The molecule has 90 valence electrons. The largest absolute Gasteiger partial charge is 0.415 e. The molecular formula is C13H12N4O. The number of benzene rings is 1. The molecule has 0 radical (unpaired) electrons. The minimum Gasteiger partial charge on any atom is -0.415 e. The van der Waals surface area contributed by atoms with E-state index in [1.807, 2.05) is 48.0 Å². The number of aryl methyl sites for hydroxylation is 1. The molecular weight excluding hydrogens is 228 g/mol. The minimum absolute atomic E-state index is 0.494. The van der Waals surface area contributed by atoms with Crippen LogP contribution in [0.2, 0.25) is 0 Å². The van der Waals surface area contributed by atoms with Gasteiger partial charge in [0.2, 0.25) is 5.89 Å². The Balaban J connectivity index is 2.00. The van der Waals surface area contributed by atoms with Gasteiger partial charge in [-0.2, -0.15) is 5.10 Å². The summed E-state index contributed by atoms with van der Waals surface area (Å²) in [5.74, 6) is 1.02. The molecule has 0 amide bonds. The van der Waals surface area contributed by atoms with Gasteiger partial charge < -0.3 is 4.42 Å². The van der Waals surface area contributed by atoms with Gasteiger partial charge in [-0.15, -0.1) is 10.2 Å². The number of hydrogen-bond acceptors (Lipinski definition) is 4. The Hall–Kier alpha value is -2.43. The molecule has 0 bridgehead atoms. The zero-order valence-corrected chi connectivity index (χ0v) is 9.95. The fourth-order valence-electron chi connectivity index (χ4n) is 1.79. The van der Waals surface area contributed by atoms with Crippen molar-refractivity contribution in [2.24, 2.45) is 0 Å². The van der Waals surface area contributed by atoms with Crippen molar-refractivity contribution in [3.8, 4) is 23.0 Å². The highest BCUT2D eigenvalue weighted by Crippen LogP contribution is 2.23. The summed E-state index contributed by atoms with van der Waals surface area (Å²) in [6.07, 6.45) is 1.73. The Morgan fingerprint density at radius 2 is 1.83 bits per heavy atom. The Kier molecular flexibility index (Phi) is 2.64. The molecule has 0 aliphatic heterocycles. The summed E-state index contributed by atoms with van der Waals surface area (Å²) in [4.78, 5) is 0. The summed E-state index contributed by atoms with van der Waals surface area (Å²) in [6, 6.07) is 11.6. The van der Waals surface area contributed by atoms with Crippen molar-refractivity contribution in [3.05, 3.63) is 42.6 Å². The molecule has 2 heterocycles. The average molecular weight is 240 g/mol. The first-order valence-corrected chi connectivity index (χ1v) is 5.79. The van der Waals surface area contributed by atoms with Gasteiger partial charge in [0.15, 0.2) is 0 Å². The highest BCUT2D eigenvalue weighted by Gasteiger charge is 2.13. The van der Waals surface area contributed by atoms with Gasteiger partial charge in [0.25, 0.3) is 5.89 Å². The van der Waals surface area contributed by atoms with Crippen LogP contribution in [0.15, 0.2) is 47.0 Å². The van der Waals surface area contributed by atoms with Crippen LogP contribution in [0.4, 0.5) is 0 Å². The smallest absolute Gasteiger partial charge is 0.266 e. The van der Waals surface area contributed by atoms with Crippen molar-refractivity contribution >= 4 is 0 Å². The van der Waals surface area contributed by atoms with Crippen LogP contribution < -0.4 is 0 Å². The lowest BCUT2D eigenvalue weighted by Gasteiger charge is -1.98. The Morgan fingerprint density at radius 3 is 2.61 bits per heavy atom. The summed E-state index contributed by atoms with van der Waals surface area (Å²) >= 11 is 0. The van der Waals surface area contributed by atoms with Crippen LogP contribution >= 0.6 is 0 Å². The molecule has 0 N–H and O–H groups in total. The summed E-state index contributed by atoms with van der Waals surface area (Å²) in [7, 11) is 0. The number of aromatic nitrogens is 4. The molecule has 0 unspecified atom stereocenters. The number of hydrogen-bond donors (Lipinski definition) is 0. The van der Waals surface area contributed by atoms with E-state index in [2.05, 4.69) is 15.3 Å². The monoisotopic (exact) mass is 240 g/mol. The van der Waals surface area contributed by atoms with Gasteiger partial charge in [-0.25, -0.2) is 0 Å². The molecule has 5 heteroatoms. The molecule has 0 aliphatic carbocycles. The zero-order chi connectivity index (χ0) is 12.4. The molecule has 18 heavy (non-hydrogen) atoms. The van der Waals surface area contributed by atoms with Crippen molar-refractivity contribution in [1.29, 1.82) is 0 Å². The lowest BCUT2D eigenvalue weighted by molar-refractivity contribution is 0.566. The van der Waals surface area contributed by atoms with Crippen LogP contribution in [-0.4, -0.2) is 20.0 Å². The van der Waals surface area contributed by atoms with Crippen LogP contribution in [0.3, 0.4) is 0 Å². The summed E-state index contributed by atoms with van der Waals surface area (Å²) in [5.41, 5.74) is 1.76. The fraction of sp³-hybridized carbons (Fsp3) is 0.154. The van der Waals surface area contributed by atoms with Crippen LogP contribution in [-0.2, 0) is 6.54 Å². The first-order chi connectivity index (χ1) is 8.88. The van der Waals surface area contributed by atoms with Crippen LogP contribution in [0, 0.1) is 0 Å². The third-order valence-corrected chi connectivity index (χ3v) is 2.68. The highest BCUT2D eigenvalue weighted by atomic mass is 16.4. The normalized spacial score (nSPS) is 10.7. The molecule has 0 saturated heterocycles. The molecule has 3 rings (SSSR count). The second kappa shape index (κ2) is 4.44. The second-order valence-corrected chi connectivity index (χ2v) is 3.81. The Morgan fingerprint density at radius 1 is 1.06 bits per heavy atom. The van der Waals surface area contributed by atoms with E-state index in [1.54, 1.807) is 6.20 Å². The first kappa shape index (κ1) is 10.7.